The molecule has 3 nitrogen and oxygen atoms in total. The largest absolute Gasteiger partial charge is 0.493 e. The van der Waals surface area contributed by atoms with Gasteiger partial charge in [0.2, 0.25) is 0 Å². The molecule has 0 atom stereocenters. The fraction of sp³-hybridized carbons (Fsp3) is 0.294. The van der Waals surface area contributed by atoms with Crippen LogP contribution in [-0.4, -0.2) is 6.61 Å². The average molecular weight is 270 g/mol. The fourth-order valence-corrected chi connectivity index (χ4v) is 1.96. The van der Waals surface area contributed by atoms with Gasteiger partial charge in [-0.3, -0.25) is 0 Å². The van der Waals surface area contributed by atoms with Crippen LogP contribution >= 0.6 is 0 Å². The van der Waals surface area contributed by atoms with E-state index in [-0.39, 0.29) is 0 Å². The normalized spacial score (nSPS) is 10.3. The molecule has 0 amide bonds. The smallest absolute Gasteiger partial charge is 0.123 e. The third kappa shape index (κ3) is 4.28. The molecule has 2 N–H and O–H groups in total. The summed E-state index contributed by atoms with van der Waals surface area (Å²) >= 11 is 0. The molecule has 0 fully saturated rings. The van der Waals surface area contributed by atoms with Gasteiger partial charge in [-0.05, 0) is 31.5 Å². The first-order valence-electron chi connectivity index (χ1n) is 7.06. The Labute approximate surface area is 120 Å². The minimum Gasteiger partial charge on any atom is -0.493 e. The van der Waals surface area contributed by atoms with E-state index in [0.717, 1.165) is 31.0 Å². The Hall–Kier alpha value is -2.00. The first-order chi connectivity index (χ1) is 9.79. The molecule has 0 aliphatic carbocycles. The van der Waals surface area contributed by atoms with Gasteiger partial charge >= 0.3 is 0 Å². The number of benzene rings is 2. The summed E-state index contributed by atoms with van der Waals surface area (Å²) in [5.41, 5.74) is 9.88. The van der Waals surface area contributed by atoms with Crippen LogP contribution < -0.4 is 15.6 Å². The molecular formula is C17H22N2O. The van der Waals surface area contributed by atoms with Crippen molar-refractivity contribution in [1.82, 2.24) is 5.43 Å². The number of nitrogens with one attached hydrogen (secondary N) is 2. The Morgan fingerprint density at radius 2 is 1.85 bits per heavy atom. The zero-order chi connectivity index (χ0) is 14.2. The fourth-order valence-electron chi connectivity index (χ4n) is 1.96. The molecule has 0 unspecified atom stereocenters. The van der Waals surface area contributed by atoms with Gasteiger partial charge in [-0.15, -0.1) is 0 Å². The van der Waals surface area contributed by atoms with Gasteiger partial charge in [0.15, 0.2) is 0 Å². The first-order valence-corrected chi connectivity index (χ1v) is 7.06. The third-order valence-corrected chi connectivity index (χ3v) is 2.96. The van der Waals surface area contributed by atoms with Crippen LogP contribution in [0.2, 0.25) is 0 Å². The van der Waals surface area contributed by atoms with E-state index in [1.165, 1.54) is 11.1 Å². The SMILES string of the molecule is CCCOc1ccc(C)cc1CNNc1ccccc1. The highest BCUT2D eigenvalue weighted by atomic mass is 16.5. The summed E-state index contributed by atoms with van der Waals surface area (Å²) in [4.78, 5) is 0. The summed E-state index contributed by atoms with van der Waals surface area (Å²) in [7, 11) is 0. The Balaban J connectivity index is 1.95. The second-order valence-corrected chi connectivity index (χ2v) is 4.80. The molecule has 106 valence electrons. The van der Waals surface area contributed by atoms with Gasteiger partial charge in [0.1, 0.15) is 5.75 Å². The zero-order valence-corrected chi connectivity index (χ0v) is 12.1. The zero-order valence-electron chi connectivity index (χ0n) is 12.1. The molecular weight excluding hydrogens is 248 g/mol. The van der Waals surface area contributed by atoms with E-state index in [1.807, 2.05) is 36.4 Å². The monoisotopic (exact) mass is 270 g/mol. The molecule has 20 heavy (non-hydrogen) atoms. The van der Waals surface area contributed by atoms with Gasteiger partial charge in [0.05, 0.1) is 6.61 Å². The van der Waals surface area contributed by atoms with Gasteiger partial charge in [0, 0.05) is 17.8 Å². The van der Waals surface area contributed by atoms with E-state index in [4.69, 9.17) is 4.74 Å². The van der Waals surface area contributed by atoms with Gasteiger partial charge in [0.25, 0.3) is 0 Å². The molecule has 0 aliphatic rings. The molecule has 0 aliphatic heterocycles. The van der Waals surface area contributed by atoms with Crippen molar-refractivity contribution in [1.29, 1.82) is 0 Å². The van der Waals surface area contributed by atoms with Crippen molar-refractivity contribution in [2.45, 2.75) is 26.8 Å². The lowest BCUT2D eigenvalue weighted by Crippen LogP contribution is -2.21. The number of ether oxygens (including phenoxy) is 1. The second kappa shape index (κ2) is 7.56. The van der Waals surface area contributed by atoms with E-state index >= 15 is 0 Å². The summed E-state index contributed by atoms with van der Waals surface area (Å²) in [6.45, 7) is 5.68. The van der Waals surface area contributed by atoms with Crippen LogP contribution in [0.15, 0.2) is 48.5 Å². The van der Waals surface area contributed by atoms with E-state index in [2.05, 4.69) is 36.8 Å². The molecule has 0 bridgehead atoms. The molecule has 0 saturated carbocycles. The second-order valence-electron chi connectivity index (χ2n) is 4.80. The van der Waals surface area contributed by atoms with Crippen LogP contribution in [0.1, 0.15) is 24.5 Å². The van der Waals surface area contributed by atoms with Crippen LogP contribution in [-0.2, 0) is 6.54 Å². The van der Waals surface area contributed by atoms with Gasteiger partial charge in [-0.2, -0.15) is 0 Å². The van der Waals surface area contributed by atoms with Crippen LogP contribution in [0.25, 0.3) is 0 Å². The van der Waals surface area contributed by atoms with E-state index < -0.39 is 0 Å². The predicted molar refractivity (Wildman–Crippen MR) is 83.9 cm³/mol. The number of hydrazine groups is 1. The molecule has 0 radical (unpaired) electrons. The number of rotatable bonds is 7. The molecule has 0 heterocycles. The molecule has 2 aromatic carbocycles. The lowest BCUT2D eigenvalue weighted by Gasteiger charge is -2.13. The quantitative estimate of drug-likeness (QED) is 0.749. The van der Waals surface area contributed by atoms with Crippen LogP contribution in [0.3, 0.4) is 0 Å². The van der Waals surface area contributed by atoms with Crippen molar-refractivity contribution in [3.63, 3.8) is 0 Å². The maximum Gasteiger partial charge on any atom is 0.123 e. The lowest BCUT2D eigenvalue weighted by molar-refractivity contribution is 0.313. The van der Waals surface area contributed by atoms with E-state index in [0.29, 0.717) is 0 Å². The Morgan fingerprint density at radius 3 is 2.60 bits per heavy atom. The minimum absolute atomic E-state index is 0.718. The Kier molecular flexibility index (Phi) is 5.44. The number of aryl methyl sites for hydroxylation is 1. The summed E-state index contributed by atoms with van der Waals surface area (Å²) in [6.07, 6.45) is 1.02. The first kappa shape index (κ1) is 14.4. The highest BCUT2D eigenvalue weighted by molar-refractivity contribution is 5.42. The van der Waals surface area contributed by atoms with E-state index in [9.17, 15) is 0 Å². The molecule has 0 aromatic heterocycles. The Bertz CT molecular complexity index is 526. The lowest BCUT2D eigenvalue weighted by atomic mass is 10.1. The van der Waals surface area contributed by atoms with Gasteiger partial charge in [-0.25, -0.2) is 5.43 Å². The van der Waals surface area contributed by atoms with Gasteiger partial charge < -0.3 is 10.2 Å². The van der Waals surface area contributed by atoms with Crippen molar-refractivity contribution in [3.05, 3.63) is 59.7 Å². The van der Waals surface area contributed by atoms with Crippen LogP contribution in [0.4, 0.5) is 5.69 Å². The number of para-hydroxylation sites is 1. The van der Waals surface area contributed by atoms with Gasteiger partial charge in [-0.1, -0.05) is 42.8 Å². The minimum atomic E-state index is 0.718. The number of hydrogen-bond acceptors (Lipinski definition) is 3. The third-order valence-electron chi connectivity index (χ3n) is 2.96. The topological polar surface area (TPSA) is 33.3 Å². The van der Waals surface area contributed by atoms with Crippen LogP contribution in [0.5, 0.6) is 5.75 Å². The highest BCUT2D eigenvalue weighted by Crippen LogP contribution is 2.20. The molecule has 0 saturated heterocycles. The summed E-state index contributed by atoms with van der Waals surface area (Å²) in [6, 6.07) is 16.4. The highest BCUT2D eigenvalue weighted by Gasteiger charge is 2.03. The Morgan fingerprint density at radius 1 is 1.05 bits per heavy atom. The maximum atomic E-state index is 5.78. The maximum absolute atomic E-state index is 5.78. The van der Waals surface area contributed by atoms with Crippen molar-refractivity contribution in [2.24, 2.45) is 0 Å². The summed E-state index contributed by atoms with van der Waals surface area (Å²) in [5.74, 6) is 0.958. The molecule has 3 heteroatoms. The van der Waals surface area contributed by atoms with Crippen LogP contribution in [0, 0.1) is 6.92 Å². The number of hydrogen-bond donors (Lipinski definition) is 2. The summed E-state index contributed by atoms with van der Waals surface area (Å²) < 4.78 is 5.78. The van der Waals surface area contributed by atoms with Crippen molar-refractivity contribution >= 4 is 5.69 Å². The number of anilines is 1. The van der Waals surface area contributed by atoms with Crippen molar-refractivity contribution < 1.29 is 4.74 Å². The summed E-state index contributed by atoms with van der Waals surface area (Å²) in [5, 5.41) is 0. The predicted octanol–water partition coefficient (Wildman–Crippen LogP) is 3.90. The van der Waals surface area contributed by atoms with Crippen molar-refractivity contribution in [2.75, 3.05) is 12.0 Å². The standard InChI is InChI=1S/C17H22N2O/c1-3-11-20-17-10-9-14(2)12-15(17)13-18-19-16-7-5-4-6-8-16/h4-10,12,18-19H,3,11,13H2,1-2H3. The average Bonchev–Trinajstić information content (AvgIpc) is 2.47. The van der Waals surface area contributed by atoms with Crippen molar-refractivity contribution in [3.8, 4) is 5.75 Å². The van der Waals surface area contributed by atoms with E-state index in [1.54, 1.807) is 0 Å². The molecule has 2 rings (SSSR count). The molecule has 2 aromatic rings. The molecule has 0 spiro atoms.